The number of nitrogens with one attached hydrogen (secondary N) is 1. The topological polar surface area (TPSA) is 86.9 Å². The number of anilines is 1. The van der Waals surface area contributed by atoms with Gasteiger partial charge in [0.2, 0.25) is 5.82 Å². The van der Waals surface area contributed by atoms with Crippen LogP contribution in [0.4, 0.5) is 5.69 Å². The zero-order valence-electron chi connectivity index (χ0n) is 16.0. The van der Waals surface area contributed by atoms with E-state index in [1.165, 1.54) is 11.0 Å². The zero-order valence-corrected chi connectivity index (χ0v) is 17.5. The van der Waals surface area contributed by atoms with E-state index in [0.717, 1.165) is 11.4 Å². The number of carbonyl (C=O) groups excluding carboxylic acids is 1. The van der Waals surface area contributed by atoms with E-state index in [1.54, 1.807) is 49.8 Å². The van der Waals surface area contributed by atoms with Gasteiger partial charge < -0.3 is 14.6 Å². The summed E-state index contributed by atoms with van der Waals surface area (Å²) < 4.78 is 8.63. The summed E-state index contributed by atoms with van der Waals surface area (Å²) in [6.07, 6.45) is 4.94. The summed E-state index contributed by atoms with van der Waals surface area (Å²) in [6, 6.07) is 10.2. The number of imidazole rings is 1. The highest BCUT2D eigenvalue weighted by molar-refractivity contribution is 6.34. The first-order valence-corrected chi connectivity index (χ1v) is 9.57. The normalized spacial score (nSPS) is 10.8. The highest BCUT2D eigenvalue weighted by Gasteiger charge is 2.15. The first-order valence-electron chi connectivity index (χ1n) is 8.82. The number of hydrogen-bond acceptors (Lipinski definition) is 5. The number of nitrogens with zero attached hydrogens (tertiary/aromatic N) is 5. The standard InChI is InChI=1S/C20H16Cl2N6O2/c1-12-9-27(10-23-12)17-8-14(4-6-18(17)30-2)25-20(29)19-24-11-28(26-19)16-7-13(21)3-5-15(16)22/h3-11H,1-2H3,(H,25,29). The van der Waals surface area contributed by atoms with Crippen LogP contribution < -0.4 is 10.1 Å². The van der Waals surface area contributed by atoms with E-state index in [4.69, 9.17) is 27.9 Å². The number of benzene rings is 2. The average Bonchev–Trinajstić information content (AvgIpc) is 3.39. The van der Waals surface area contributed by atoms with Crippen molar-refractivity contribution in [3.63, 3.8) is 0 Å². The van der Waals surface area contributed by atoms with Crippen LogP contribution in [0, 0.1) is 6.92 Å². The Hall–Kier alpha value is -3.36. The van der Waals surface area contributed by atoms with E-state index in [2.05, 4.69) is 20.4 Å². The number of aryl methyl sites for hydroxylation is 1. The molecule has 0 saturated carbocycles. The Balaban J connectivity index is 1.59. The molecule has 0 saturated heterocycles. The van der Waals surface area contributed by atoms with Gasteiger partial charge in [-0.25, -0.2) is 14.6 Å². The average molecular weight is 443 g/mol. The van der Waals surface area contributed by atoms with Crippen LogP contribution in [0.5, 0.6) is 5.75 Å². The van der Waals surface area contributed by atoms with E-state index in [-0.39, 0.29) is 5.82 Å². The van der Waals surface area contributed by atoms with Gasteiger partial charge in [0.1, 0.15) is 12.1 Å². The highest BCUT2D eigenvalue weighted by atomic mass is 35.5. The fourth-order valence-electron chi connectivity index (χ4n) is 2.85. The van der Waals surface area contributed by atoms with Gasteiger partial charge in [-0.05, 0) is 43.3 Å². The van der Waals surface area contributed by atoms with Gasteiger partial charge in [0, 0.05) is 16.9 Å². The lowest BCUT2D eigenvalue weighted by Crippen LogP contribution is -2.14. The summed E-state index contributed by atoms with van der Waals surface area (Å²) in [6.45, 7) is 1.89. The predicted octanol–water partition coefficient (Wildman–Crippen LogP) is 4.33. The Morgan fingerprint density at radius 2 is 1.90 bits per heavy atom. The van der Waals surface area contributed by atoms with Crippen molar-refractivity contribution in [2.24, 2.45) is 0 Å². The molecule has 0 aliphatic rings. The third kappa shape index (κ3) is 4.00. The van der Waals surface area contributed by atoms with Crippen LogP contribution in [0.3, 0.4) is 0 Å². The number of methoxy groups -OCH3 is 1. The molecular weight excluding hydrogens is 427 g/mol. The maximum Gasteiger partial charge on any atom is 0.295 e. The number of carbonyl (C=O) groups is 1. The van der Waals surface area contributed by atoms with Gasteiger partial charge in [-0.2, -0.15) is 0 Å². The van der Waals surface area contributed by atoms with Gasteiger partial charge in [-0.1, -0.05) is 23.2 Å². The summed E-state index contributed by atoms with van der Waals surface area (Å²) in [5, 5.41) is 7.93. The van der Waals surface area contributed by atoms with Gasteiger partial charge in [0.25, 0.3) is 5.91 Å². The summed E-state index contributed by atoms with van der Waals surface area (Å²) in [5.74, 6) is 0.162. The Morgan fingerprint density at radius 1 is 1.07 bits per heavy atom. The molecule has 0 atom stereocenters. The second-order valence-electron chi connectivity index (χ2n) is 6.37. The second kappa shape index (κ2) is 8.17. The summed E-state index contributed by atoms with van der Waals surface area (Å²) in [7, 11) is 1.58. The van der Waals surface area contributed by atoms with E-state index >= 15 is 0 Å². The van der Waals surface area contributed by atoms with Crippen molar-refractivity contribution in [2.45, 2.75) is 6.92 Å². The van der Waals surface area contributed by atoms with Crippen molar-refractivity contribution >= 4 is 34.8 Å². The van der Waals surface area contributed by atoms with E-state index in [0.29, 0.717) is 27.2 Å². The molecule has 0 bridgehead atoms. The third-order valence-corrected chi connectivity index (χ3v) is 4.83. The van der Waals surface area contributed by atoms with Crippen molar-refractivity contribution in [3.8, 4) is 17.1 Å². The largest absolute Gasteiger partial charge is 0.495 e. The first kappa shape index (κ1) is 19.9. The molecule has 8 nitrogen and oxygen atoms in total. The van der Waals surface area contributed by atoms with Crippen molar-refractivity contribution in [3.05, 3.63) is 76.8 Å². The fourth-order valence-corrected chi connectivity index (χ4v) is 3.22. The molecule has 0 spiro atoms. The van der Waals surface area contributed by atoms with Gasteiger partial charge in [0.05, 0.1) is 35.5 Å². The van der Waals surface area contributed by atoms with Crippen LogP contribution in [-0.2, 0) is 0 Å². The highest BCUT2D eigenvalue weighted by Crippen LogP contribution is 2.27. The minimum absolute atomic E-state index is 0.0121. The number of hydrogen-bond donors (Lipinski definition) is 1. The predicted molar refractivity (Wildman–Crippen MR) is 114 cm³/mol. The maximum atomic E-state index is 12.7. The molecule has 1 amide bonds. The maximum absolute atomic E-state index is 12.7. The molecule has 0 fully saturated rings. The molecule has 0 aliphatic heterocycles. The molecule has 0 radical (unpaired) electrons. The minimum atomic E-state index is -0.468. The minimum Gasteiger partial charge on any atom is -0.495 e. The fraction of sp³-hybridized carbons (Fsp3) is 0.100. The van der Waals surface area contributed by atoms with Crippen molar-refractivity contribution in [1.82, 2.24) is 24.3 Å². The molecule has 10 heteroatoms. The summed E-state index contributed by atoms with van der Waals surface area (Å²) in [5.41, 5.74) is 2.68. The summed E-state index contributed by atoms with van der Waals surface area (Å²) >= 11 is 12.2. The van der Waals surface area contributed by atoms with Gasteiger partial charge in [-0.15, -0.1) is 5.10 Å². The molecule has 4 rings (SSSR count). The van der Waals surface area contributed by atoms with Gasteiger partial charge in [-0.3, -0.25) is 4.79 Å². The van der Waals surface area contributed by atoms with Crippen molar-refractivity contribution in [1.29, 1.82) is 0 Å². The smallest absolute Gasteiger partial charge is 0.295 e. The monoisotopic (exact) mass is 442 g/mol. The van der Waals surface area contributed by atoms with Gasteiger partial charge in [0.15, 0.2) is 0 Å². The Morgan fingerprint density at radius 3 is 2.63 bits per heavy atom. The molecule has 4 aromatic rings. The molecule has 30 heavy (non-hydrogen) atoms. The molecule has 2 aromatic heterocycles. The van der Waals surface area contributed by atoms with Crippen LogP contribution in [-0.4, -0.2) is 37.3 Å². The van der Waals surface area contributed by atoms with E-state index < -0.39 is 5.91 Å². The summed E-state index contributed by atoms with van der Waals surface area (Å²) in [4.78, 5) is 21.0. The molecule has 1 N–H and O–H groups in total. The number of aromatic nitrogens is 5. The van der Waals surface area contributed by atoms with Crippen LogP contribution in [0.2, 0.25) is 10.0 Å². The molecule has 152 valence electrons. The van der Waals surface area contributed by atoms with Crippen LogP contribution in [0.1, 0.15) is 16.3 Å². The first-order chi connectivity index (χ1) is 14.4. The molecule has 2 aromatic carbocycles. The second-order valence-corrected chi connectivity index (χ2v) is 7.22. The SMILES string of the molecule is COc1ccc(NC(=O)c2ncn(-c3cc(Cl)ccc3Cl)n2)cc1-n1cnc(C)c1. The third-order valence-electron chi connectivity index (χ3n) is 4.28. The lowest BCUT2D eigenvalue weighted by atomic mass is 10.2. The van der Waals surface area contributed by atoms with E-state index in [9.17, 15) is 4.79 Å². The van der Waals surface area contributed by atoms with Crippen LogP contribution in [0.25, 0.3) is 11.4 Å². The Labute approximate surface area is 182 Å². The molecule has 0 unspecified atom stereocenters. The van der Waals surface area contributed by atoms with E-state index in [1.807, 2.05) is 17.7 Å². The lowest BCUT2D eigenvalue weighted by Gasteiger charge is -2.11. The van der Waals surface area contributed by atoms with Crippen LogP contribution >= 0.6 is 23.2 Å². The van der Waals surface area contributed by atoms with Crippen LogP contribution in [0.15, 0.2) is 55.2 Å². The quantitative estimate of drug-likeness (QED) is 0.496. The zero-order chi connectivity index (χ0) is 21.3. The van der Waals surface area contributed by atoms with Crippen molar-refractivity contribution in [2.75, 3.05) is 12.4 Å². The number of rotatable bonds is 5. The lowest BCUT2D eigenvalue weighted by molar-refractivity contribution is 0.101. The van der Waals surface area contributed by atoms with Gasteiger partial charge >= 0.3 is 0 Å². The molecular formula is C20H16Cl2N6O2. The number of ether oxygens (including phenoxy) is 1. The molecule has 2 heterocycles. The molecule has 0 aliphatic carbocycles. The van der Waals surface area contributed by atoms with Crippen molar-refractivity contribution < 1.29 is 9.53 Å². The number of amides is 1. The Bertz CT molecular complexity index is 1230. The number of halogens is 2. The Kier molecular flexibility index (Phi) is 5.43.